The van der Waals surface area contributed by atoms with Crippen LogP contribution in [0.5, 0.6) is 0 Å². The number of benzene rings is 1. The minimum Gasteiger partial charge on any atom is -0.394 e. The van der Waals surface area contributed by atoms with Gasteiger partial charge < -0.3 is 14.6 Å². The van der Waals surface area contributed by atoms with Crippen molar-refractivity contribution in [1.29, 1.82) is 0 Å². The van der Waals surface area contributed by atoms with Gasteiger partial charge in [0.2, 0.25) is 0 Å². The van der Waals surface area contributed by atoms with E-state index in [1.54, 1.807) is 6.07 Å². The van der Waals surface area contributed by atoms with E-state index in [9.17, 15) is 5.11 Å². The highest BCUT2D eigenvalue weighted by molar-refractivity contribution is 6.31. The Bertz CT molecular complexity index is 378. The molecule has 0 aromatic heterocycles. The fourth-order valence-electron chi connectivity index (χ4n) is 1.94. The zero-order chi connectivity index (χ0) is 11.8. The number of aliphatic hydroxyl groups excluding tert-OH is 1. The molecule has 1 N–H and O–H groups in total. The Kier molecular flexibility index (Phi) is 3.22. The van der Waals surface area contributed by atoms with Crippen LogP contribution in [-0.2, 0) is 9.47 Å². The molecule has 1 fully saturated rings. The van der Waals surface area contributed by atoms with Crippen molar-refractivity contribution in [2.24, 2.45) is 0 Å². The van der Waals surface area contributed by atoms with Crippen molar-refractivity contribution in [1.82, 2.24) is 0 Å². The largest absolute Gasteiger partial charge is 0.394 e. The summed E-state index contributed by atoms with van der Waals surface area (Å²) in [5.41, 5.74) is 0.855. The summed E-state index contributed by atoms with van der Waals surface area (Å²) in [4.78, 5) is 0. The third kappa shape index (κ3) is 2.23. The van der Waals surface area contributed by atoms with Crippen molar-refractivity contribution < 1.29 is 14.6 Å². The second kappa shape index (κ2) is 4.34. The average molecular weight is 243 g/mol. The van der Waals surface area contributed by atoms with Crippen molar-refractivity contribution >= 4 is 11.6 Å². The second-order valence-corrected chi connectivity index (χ2v) is 4.71. The molecule has 1 heterocycles. The Morgan fingerprint density at radius 1 is 1.31 bits per heavy atom. The fourth-order valence-corrected chi connectivity index (χ4v) is 2.18. The highest BCUT2D eigenvalue weighted by Gasteiger charge is 2.42. The predicted molar refractivity (Wildman–Crippen MR) is 61.3 cm³/mol. The van der Waals surface area contributed by atoms with Crippen molar-refractivity contribution in [3.8, 4) is 0 Å². The maximum atomic E-state index is 9.27. The van der Waals surface area contributed by atoms with E-state index in [0.717, 1.165) is 5.56 Å². The number of hydrogen-bond acceptors (Lipinski definition) is 3. The summed E-state index contributed by atoms with van der Waals surface area (Å²) < 4.78 is 11.3. The molecular weight excluding hydrogens is 228 g/mol. The second-order valence-electron chi connectivity index (χ2n) is 4.30. The predicted octanol–water partition coefficient (Wildman–Crippen LogP) is 2.52. The van der Waals surface area contributed by atoms with E-state index in [1.165, 1.54) is 0 Å². The standard InChI is InChI=1S/C12H15ClO3/c1-12(2)15-10(7-14)11(16-12)8-5-3-4-6-9(8)13/h3-6,10-11,14H,7H2,1-2H3/t10-,11?/m0/s1. The first kappa shape index (κ1) is 11.9. The van der Waals surface area contributed by atoms with Crippen LogP contribution >= 0.6 is 11.6 Å². The van der Waals surface area contributed by atoms with Crippen molar-refractivity contribution in [2.45, 2.75) is 31.8 Å². The molecule has 4 heteroatoms. The normalized spacial score (nSPS) is 28.2. The lowest BCUT2D eigenvalue weighted by Crippen LogP contribution is -2.23. The van der Waals surface area contributed by atoms with Gasteiger partial charge in [-0.2, -0.15) is 0 Å². The molecule has 1 saturated heterocycles. The van der Waals surface area contributed by atoms with Crippen molar-refractivity contribution in [3.05, 3.63) is 34.9 Å². The zero-order valence-electron chi connectivity index (χ0n) is 9.31. The van der Waals surface area contributed by atoms with Crippen molar-refractivity contribution in [2.75, 3.05) is 6.61 Å². The van der Waals surface area contributed by atoms with Crippen LogP contribution < -0.4 is 0 Å². The molecule has 1 aromatic carbocycles. The molecule has 1 unspecified atom stereocenters. The Morgan fingerprint density at radius 2 is 2.00 bits per heavy atom. The topological polar surface area (TPSA) is 38.7 Å². The maximum Gasteiger partial charge on any atom is 0.164 e. The summed E-state index contributed by atoms with van der Waals surface area (Å²) in [6.45, 7) is 3.57. The molecule has 2 rings (SSSR count). The van der Waals surface area contributed by atoms with E-state index in [-0.39, 0.29) is 18.8 Å². The molecule has 3 nitrogen and oxygen atoms in total. The molecule has 0 aliphatic carbocycles. The maximum absolute atomic E-state index is 9.27. The summed E-state index contributed by atoms with van der Waals surface area (Å²) in [7, 11) is 0. The van der Waals surface area contributed by atoms with Crippen LogP contribution in [0.3, 0.4) is 0 Å². The molecule has 0 amide bonds. The zero-order valence-corrected chi connectivity index (χ0v) is 10.1. The third-order valence-corrected chi connectivity index (χ3v) is 2.92. The van der Waals surface area contributed by atoms with Gasteiger partial charge in [0.15, 0.2) is 5.79 Å². The van der Waals surface area contributed by atoms with Gasteiger partial charge in [-0.15, -0.1) is 0 Å². The Labute approximate surface area is 99.9 Å². The van der Waals surface area contributed by atoms with Gasteiger partial charge in [0, 0.05) is 10.6 Å². The van der Waals surface area contributed by atoms with Gasteiger partial charge in [-0.3, -0.25) is 0 Å². The third-order valence-electron chi connectivity index (χ3n) is 2.58. The Balaban J connectivity index is 2.30. The van der Waals surface area contributed by atoms with Gasteiger partial charge in [0.05, 0.1) is 6.61 Å². The van der Waals surface area contributed by atoms with E-state index in [4.69, 9.17) is 21.1 Å². The van der Waals surface area contributed by atoms with E-state index in [0.29, 0.717) is 5.02 Å². The molecule has 0 saturated carbocycles. The van der Waals surface area contributed by atoms with Gasteiger partial charge >= 0.3 is 0 Å². The van der Waals surface area contributed by atoms with Crippen LogP contribution in [0.15, 0.2) is 24.3 Å². The van der Waals surface area contributed by atoms with E-state index in [2.05, 4.69) is 0 Å². The van der Waals surface area contributed by atoms with Crippen molar-refractivity contribution in [3.63, 3.8) is 0 Å². The van der Waals surface area contributed by atoms with Gasteiger partial charge in [-0.05, 0) is 19.9 Å². The van der Waals surface area contributed by atoms with Crippen LogP contribution in [0.4, 0.5) is 0 Å². The first-order valence-electron chi connectivity index (χ1n) is 5.24. The lowest BCUT2D eigenvalue weighted by atomic mass is 10.1. The van der Waals surface area contributed by atoms with Gasteiger partial charge in [-0.25, -0.2) is 0 Å². The van der Waals surface area contributed by atoms with Gasteiger partial charge in [-0.1, -0.05) is 29.8 Å². The number of aliphatic hydroxyl groups is 1. The number of ether oxygens (including phenoxy) is 2. The molecule has 0 spiro atoms. The first-order chi connectivity index (χ1) is 7.53. The SMILES string of the molecule is CC1(C)OC(c2ccccc2Cl)[C@H](CO)O1. The van der Waals surface area contributed by atoms with Gasteiger partial charge in [0.1, 0.15) is 12.2 Å². The number of rotatable bonds is 2. The summed E-state index contributed by atoms with van der Waals surface area (Å²) in [6, 6.07) is 7.45. The van der Waals surface area contributed by atoms with E-state index < -0.39 is 5.79 Å². The monoisotopic (exact) mass is 242 g/mol. The molecule has 16 heavy (non-hydrogen) atoms. The van der Waals surface area contributed by atoms with Gasteiger partial charge in [0.25, 0.3) is 0 Å². The molecular formula is C12H15ClO3. The number of hydrogen-bond donors (Lipinski definition) is 1. The Morgan fingerprint density at radius 3 is 2.62 bits per heavy atom. The van der Waals surface area contributed by atoms with E-state index in [1.807, 2.05) is 32.0 Å². The summed E-state index contributed by atoms with van der Waals surface area (Å²) in [5, 5.41) is 9.90. The smallest absolute Gasteiger partial charge is 0.164 e. The minimum atomic E-state index is -0.683. The van der Waals surface area contributed by atoms with Crippen LogP contribution in [0.25, 0.3) is 0 Å². The lowest BCUT2D eigenvalue weighted by molar-refractivity contribution is -0.149. The quantitative estimate of drug-likeness (QED) is 0.866. The summed E-state index contributed by atoms with van der Waals surface area (Å²) in [5.74, 6) is -0.683. The van der Waals surface area contributed by atoms with Crippen LogP contribution in [0, 0.1) is 0 Å². The molecule has 1 aliphatic heterocycles. The molecule has 1 aromatic rings. The highest BCUT2D eigenvalue weighted by atomic mass is 35.5. The summed E-state index contributed by atoms with van der Waals surface area (Å²) in [6.07, 6.45) is -0.677. The molecule has 0 bridgehead atoms. The highest BCUT2D eigenvalue weighted by Crippen LogP contribution is 2.40. The molecule has 2 atom stereocenters. The molecule has 0 radical (unpaired) electrons. The molecule has 88 valence electrons. The lowest BCUT2D eigenvalue weighted by Gasteiger charge is -2.17. The van der Waals surface area contributed by atoms with Crippen LogP contribution in [0.1, 0.15) is 25.5 Å². The molecule has 1 aliphatic rings. The Hall–Kier alpha value is -0.610. The number of halogens is 1. The van der Waals surface area contributed by atoms with Crippen LogP contribution in [0.2, 0.25) is 5.02 Å². The van der Waals surface area contributed by atoms with E-state index >= 15 is 0 Å². The summed E-state index contributed by atoms with van der Waals surface area (Å²) >= 11 is 6.10. The first-order valence-corrected chi connectivity index (χ1v) is 5.62. The fraction of sp³-hybridized carbons (Fsp3) is 0.500. The minimum absolute atomic E-state index is 0.0840. The average Bonchev–Trinajstić information content (AvgIpc) is 2.54. The van der Waals surface area contributed by atoms with Crippen LogP contribution in [-0.4, -0.2) is 23.6 Å².